The second-order valence-corrected chi connectivity index (χ2v) is 5.72. The average molecular weight is 271 g/mol. The maximum Gasteiger partial charge on any atom is 0.213 e. The highest BCUT2D eigenvalue weighted by molar-refractivity contribution is 7.17. The summed E-state index contributed by atoms with van der Waals surface area (Å²) >= 11 is 1.73. The van der Waals surface area contributed by atoms with Crippen molar-refractivity contribution in [2.45, 2.75) is 19.4 Å². The first kappa shape index (κ1) is 11.1. The van der Waals surface area contributed by atoms with Gasteiger partial charge in [-0.1, -0.05) is 11.3 Å². The van der Waals surface area contributed by atoms with Gasteiger partial charge in [0.1, 0.15) is 0 Å². The average Bonchev–Trinajstić information content (AvgIpc) is 2.99. The minimum atomic E-state index is 0.402. The highest BCUT2D eigenvalue weighted by atomic mass is 32.1. The number of fused-ring (bicyclic) bond motifs is 3. The number of rotatable bonds is 1. The van der Waals surface area contributed by atoms with E-state index in [0.29, 0.717) is 6.04 Å². The molecule has 1 aliphatic rings. The molecule has 0 spiro atoms. The smallest absolute Gasteiger partial charge is 0.213 e. The lowest BCUT2D eigenvalue weighted by atomic mass is 10.1. The zero-order valence-electron chi connectivity index (χ0n) is 10.5. The second-order valence-electron chi connectivity index (χ2n) is 4.71. The molecule has 0 saturated heterocycles. The third-order valence-corrected chi connectivity index (χ3v) is 4.70. The topological polar surface area (TPSA) is 55.1 Å². The fourth-order valence-corrected chi connectivity index (χ4v) is 3.62. The van der Waals surface area contributed by atoms with E-state index in [1.807, 2.05) is 16.6 Å². The Hall–Kier alpha value is -1.79. The molecule has 96 valence electrons. The van der Waals surface area contributed by atoms with Crippen LogP contribution in [0.5, 0.6) is 0 Å². The molecule has 4 rings (SSSR count). The van der Waals surface area contributed by atoms with E-state index in [-0.39, 0.29) is 0 Å². The maximum absolute atomic E-state index is 4.64. The molecule has 1 aliphatic heterocycles. The van der Waals surface area contributed by atoms with Crippen LogP contribution in [0.4, 0.5) is 0 Å². The van der Waals surface area contributed by atoms with E-state index < -0.39 is 0 Å². The number of thiazole rings is 1. The summed E-state index contributed by atoms with van der Waals surface area (Å²) in [6.45, 7) is 3.19. The predicted molar refractivity (Wildman–Crippen MR) is 74.2 cm³/mol. The molecule has 0 bridgehead atoms. The fourth-order valence-electron chi connectivity index (χ4n) is 2.49. The first-order valence-electron chi connectivity index (χ1n) is 6.35. The van der Waals surface area contributed by atoms with Gasteiger partial charge in [-0.25, -0.2) is 4.52 Å². The van der Waals surface area contributed by atoms with Crippen molar-refractivity contribution in [1.29, 1.82) is 0 Å². The molecule has 19 heavy (non-hydrogen) atoms. The summed E-state index contributed by atoms with van der Waals surface area (Å²) < 4.78 is 2.00. The molecule has 0 aliphatic carbocycles. The van der Waals surface area contributed by atoms with Crippen LogP contribution in [0.3, 0.4) is 0 Å². The summed E-state index contributed by atoms with van der Waals surface area (Å²) in [7, 11) is 0. The van der Waals surface area contributed by atoms with Gasteiger partial charge in [0.25, 0.3) is 0 Å². The van der Waals surface area contributed by atoms with Crippen LogP contribution in [0.25, 0.3) is 16.3 Å². The van der Waals surface area contributed by atoms with Gasteiger partial charge in [0, 0.05) is 41.8 Å². The monoisotopic (exact) mass is 271 g/mol. The maximum atomic E-state index is 4.64. The molecule has 3 aromatic heterocycles. The Morgan fingerprint density at radius 2 is 2.42 bits per heavy atom. The van der Waals surface area contributed by atoms with Crippen molar-refractivity contribution < 1.29 is 0 Å². The van der Waals surface area contributed by atoms with Gasteiger partial charge in [0.2, 0.25) is 4.96 Å². The Balaban J connectivity index is 1.88. The number of nitrogens with zero attached hydrogens (tertiary/aromatic N) is 4. The lowest BCUT2D eigenvalue weighted by Crippen LogP contribution is -2.27. The minimum Gasteiger partial charge on any atom is -0.309 e. The van der Waals surface area contributed by atoms with Crippen molar-refractivity contribution in [1.82, 2.24) is 24.9 Å². The van der Waals surface area contributed by atoms with E-state index in [2.05, 4.69) is 27.3 Å². The number of hydrogen-bond donors (Lipinski definition) is 1. The van der Waals surface area contributed by atoms with Crippen LogP contribution < -0.4 is 5.32 Å². The van der Waals surface area contributed by atoms with E-state index >= 15 is 0 Å². The molecule has 1 unspecified atom stereocenters. The molecule has 0 aromatic carbocycles. The third kappa shape index (κ3) is 1.67. The molecule has 5 nitrogen and oxygen atoms in total. The molecule has 6 heteroatoms. The molecule has 3 aromatic rings. The zero-order valence-corrected chi connectivity index (χ0v) is 11.3. The summed E-state index contributed by atoms with van der Waals surface area (Å²) in [4.78, 5) is 11.1. The standard InChI is InChI=1S/C13H13N5S/c1-8-11-10(4-6-15-8)18-13(19-11)16-12(17-18)9-3-2-5-14-7-9/h2-3,5,7-8,15H,4,6H2,1H3. The van der Waals surface area contributed by atoms with Gasteiger partial charge in [-0.3, -0.25) is 4.98 Å². The molecule has 4 heterocycles. The third-order valence-electron chi connectivity index (χ3n) is 3.44. The van der Waals surface area contributed by atoms with Crippen molar-refractivity contribution in [2.75, 3.05) is 6.54 Å². The molecule has 0 saturated carbocycles. The highest BCUT2D eigenvalue weighted by Crippen LogP contribution is 2.31. The Labute approximate surface area is 114 Å². The van der Waals surface area contributed by atoms with Crippen LogP contribution in [0.15, 0.2) is 24.5 Å². The largest absolute Gasteiger partial charge is 0.309 e. The second kappa shape index (κ2) is 4.11. The van der Waals surface area contributed by atoms with Crippen molar-refractivity contribution in [3.8, 4) is 11.4 Å². The van der Waals surface area contributed by atoms with E-state index in [1.54, 1.807) is 23.7 Å². The predicted octanol–water partition coefficient (Wildman–Crippen LogP) is 2.06. The van der Waals surface area contributed by atoms with Gasteiger partial charge in [0.15, 0.2) is 5.82 Å². The van der Waals surface area contributed by atoms with Gasteiger partial charge in [-0.15, -0.1) is 5.10 Å². The summed E-state index contributed by atoms with van der Waals surface area (Å²) in [5, 5.41) is 8.11. The van der Waals surface area contributed by atoms with E-state index in [9.17, 15) is 0 Å². The van der Waals surface area contributed by atoms with Gasteiger partial charge in [0.05, 0.1) is 5.69 Å². The number of hydrogen-bond acceptors (Lipinski definition) is 5. The van der Waals surface area contributed by atoms with Gasteiger partial charge in [-0.05, 0) is 19.1 Å². The molecule has 0 radical (unpaired) electrons. The fraction of sp³-hybridized carbons (Fsp3) is 0.308. The first-order valence-corrected chi connectivity index (χ1v) is 7.17. The normalized spacial score (nSPS) is 18.7. The minimum absolute atomic E-state index is 0.402. The summed E-state index contributed by atoms with van der Waals surface area (Å²) in [5.41, 5.74) is 2.27. The van der Waals surface area contributed by atoms with Crippen molar-refractivity contribution in [3.05, 3.63) is 35.1 Å². The van der Waals surface area contributed by atoms with Crippen molar-refractivity contribution in [3.63, 3.8) is 0 Å². The molecule has 1 atom stereocenters. The van der Waals surface area contributed by atoms with E-state index in [4.69, 9.17) is 0 Å². The van der Waals surface area contributed by atoms with Gasteiger partial charge < -0.3 is 5.32 Å². The summed E-state index contributed by atoms with van der Waals surface area (Å²) in [6, 6.07) is 4.30. The van der Waals surface area contributed by atoms with Crippen LogP contribution in [0, 0.1) is 0 Å². The molecule has 0 amide bonds. The Bertz CT molecular complexity index is 730. The van der Waals surface area contributed by atoms with Crippen molar-refractivity contribution >= 4 is 16.3 Å². The summed E-state index contributed by atoms with van der Waals surface area (Å²) in [6.07, 6.45) is 4.57. The molecular formula is C13H13N5S. The Kier molecular flexibility index (Phi) is 2.39. The zero-order chi connectivity index (χ0) is 12.8. The van der Waals surface area contributed by atoms with Crippen molar-refractivity contribution in [2.24, 2.45) is 0 Å². The Morgan fingerprint density at radius 1 is 1.47 bits per heavy atom. The number of aromatic nitrogens is 4. The van der Waals surface area contributed by atoms with E-state index in [0.717, 1.165) is 29.3 Å². The lowest BCUT2D eigenvalue weighted by molar-refractivity contribution is 0.537. The quantitative estimate of drug-likeness (QED) is 0.736. The summed E-state index contributed by atoms with van der Waals surface area (Å²) in [5.74, 6) is 0.758. The molecule has 0 fully saturated rings. The number of nitrogens with one attached hydrogen (secondary N) is 1. The van der Waals surface area contributed by atoms with Gasteiger partial charge in [-0.2, -0.15) is 4.98 Å². The number of pyridine rings is 1. The van der Waals surface area contributed by atoms with Crippen LogP contribution >= 0.6 is 11.3 Å². The van der Waals surface area contributed by atoms with Crippen LogP contribution in [-0.4, -0.2) is 26.1 Å². The SMILES string of the molecule is CC1NCCc2c1sc1nc(-c3cccnc3)nn21. The van der Waals surface area contributed by atoms with Crippen LogP contribution in [0.1, 0.15) is 23.5 Å². The Morgan fingerprint density at radius 3 is 3.26 bits per heavy atom. The van der Waals surface area contributed by atoms with Crippen LogP contribution in [0.2, 0.25) is 0 Å². The molecule has 1 N–H and O–H groups in total. The first-order chi connectivity index (χ1) is 9.33. The van der Waals surface area contributed by atoms with Gasteiger partial charge >= 0.3 is 0 Å². The van der Waals surface area contributed by atoms with E-state index in [1.165, 1.54) is 10.6 Å². The molecular weight excluding hydrogens is 258 g/mol. The highest BCUT2D eigenvalue weighted by Gasteiger charge is 2.23. The lowest BCUT2D eigenvalue weighted by Gasteiger charge is -2.19. The van der Waals surface area contributed by atoms with Crippen LogP contribution in [-0.2, 0) is 6.42 Å².